The number of ether oxygens (including phenoxy) is 1. The summed E-state index contributed by atoms with van der Waals surface area (Å²) in [5.74, 6) is 1.33. The topological polar surface area (TPSA) is 29.5 Å². The van der Waals surface area contributed by atoms with Crippen LogP contribution in [0.3, 0.4) is 0 Å². The molecule has 0 fully saturated rings. The van der Waals surface area contributed by atoms with Crippen molar-refractivity contribution in [1.82, 2.24) is 4.90 Å². The zero-order valence-electron chi connectivity index (χ0n) is 13.7. The Morgan fingerprint density at radius 2 is 2.00 bits per heavy atom. The fourth-order valence-corrected chi connectivity index (χ4v) is 3.15. The third-order valence-electron chi connectivity index (χ3n) is 4.63. The minimum Gasteiger partial charge on any atom is -0.493 e. The molecule has 0 atom stereocenters. The number of ketones is 1. The van der Waals surface area contributed by atoms with Gasteiger partial charge in [-0.2, -0.15) is 0 Å². The predicted octanol–water partition coefficient (Wildman–Crippen LogP) is 3.24. The number of hydrogen-bond donors (Lipinski definition) is 0. The molecule has 0 radical (unpaired) electrons. The van der Waals surface area contributed by atoms with Crippen LogP contribution in [0, 0.1) is 0 Å². The summed E-state index contributed by atoms with van der Waals surface area (Å²) in [6, 6.07) is 6.32. The van der Waals surface area contributed by atoms with E-state index in [4.69, 9.17) is 4.74 Å². The lowest BCUT2D eigenvalue weighted by atomic mass is 9.91. The van der Waals surface area contributed by atoms with Gasteiger partial charge in [0, 0.05) is 12.8 Å². The van der Waals surface area contributed by atoms with Gasteiger partial charge in [0.25, 0.3) is 0 Å². The quantitative estimate of drug-likeness (QED) is 0.772. The van der Waals surface area contributed by atoms with Gasteiger partial charge in [0.05, 0.1) is 12.1 Å². The molecule has 3 nitrogen and oxygen atoms in total. The van der Waals surface area contributed by atoms with Crippen molar-refractivity contribution in [3.8, 4) is 5.75 Å². The molecular weight excluding hydrogens is 262 g/mol. The van der Waals surface area contributed by atoms with Gasteiger partial charge < -0.3 is 4.74 Å². The summed E-state index contributed by atoms with van der Waals surface area (Å²) < 4.78 is 5.52. The number of nitrogens with zero attached hydrogens (tertiary/aromatic N) is 1. The normalized spacial score (nSPS) is 14.1. The number of carbonyl (C=O) groups is 1. The SMILES string of the molecule is CCN(CC)C(C)(C)C(=O)CCc1ccc2c(c1)CCO2. The molecule has 1 aromatic rings. The Kier molecular flexibility index (Phi) is 5.04. The number of aryl methyl sites for hydroxylation is 1. The molecule has 0 aliphatic carbocycles. The zero-order chi connectivity index (χ0) is 15.5. The summed E-state index contributed by atoms with van der Waals surface area (Å²) in [5, 5.41) is 0. The molecule has 1 heterocycles. The first-order valence-corrected chi connectivity index (χ1v) is 8.02. The van der Waals surface area contributed by atoms with Crippen LogP contribution in [0.25, 0.3) is 0 Å². The van der Waals surface area contributed by atoms with Crippen molar-refractivity contribution in [1.29, 1.82) is 0 Å². The summed E-state index contributed by atoms with van der Waals surface area (Å²) >= 11 is 0. The third-order valence-corrected chi connectivity index (χ3v) is 4.63. The molecule has 1 aliphatic rings. The molecule has 1 aromatic carbocycles. The van der Waals surface area contributed by atoms with Crippen molar-refractivity contribution in [2.75, 3.05) is 19.7 Å². The first-order chi connectivity index (χ1) is 9.98. The summed E-state index contributed by atoms with van der Waals surface area (Å²) in [7, 11) is 0. The Labute approximate surface area is 128 Å². The Morgan fingerprint density at radius 3 is 2.67 bits per heavy atom. The minimum absolute atomic E-state index is 0.322. The van der Waals surface area contributed by atoms with Gasteiger partial charge in [-0.15, -0.1) is 0 Å². The molecule has 2 rings (SSSR count). The average molecular weight is 289 g/mol. The van der Waals surface area contributed by atoms with E-state index >= 15 is 0 Å². The van der Waals surface area contributed by atoms with Gasteiger partial charge in [-0.05, 0) is 50.6 Å². The number of carbonyl (C=O) groups excluding carboxylic acids is 1. The second-order valence-corrected chi connectivity index (χ2v) is 6.20. The van der Waals surface area contributed by atoms with Gasteiger partial charge >= 0.3 is 0 Å². The van der Waals surface area contributed by atoms with E-state index in [0.717, 1.165) is 38.3 Å². The molecule has 0 saturated heterocycles. The monoisotopic (exact) mass is 289 g/mol. The number of likely N-dealkylation sites (N-methyl/N-ethyl adjacent to an activating group) is 1. The van der Waals surface area contributed by atoms with Crippen LogP contribution >= 0.6 is 0 Å². The van der Waals surface area contributed by atoms with Gasteiger partial charge in [-0.3, -0.25) is 9.69 Å². The van der Waals surface area contributed by atoms with Crippen LogP contribution in [0.5, 0.6) is 5.75 Å². The number of benzene rings is 1. The van der Waals surface area contributed by atoms with Crippen LogP contribution in [0.2, 0.25) is 0 Å². The average Bonchev–Trinajstić information content (AvgIpc) is 2.93. The molecule has 0 N–H and O–H groups in total. The second kappa shape index (κ2) is 6.61. The Hall–Kier alpha value is -1.35. The molecule has 0 aromatic heterocycles. The van der Waals surface area contributed by atoms with Crippen LogP contribution in [0.1, 0.15) is 45.2 Å². The van der Waals surface area contributed by atoms with Crippen molar-refractivity contribution < 1.29 is 9.53 Å². The van der Waals surface area contributed by atoms with Crippen LogP contribution < -0.4 is 4.74 Å². The van der Waals surface area contributed by atoms with Crippen molar-refractivity contribution in [3.63, 3.8) is 0 Å². The van der Waals surface area contributed by atoms with E-state index in [1.807, 2.05) is 19.9 Å². The van der Waals surface area contributed by atoms with Gasteiger partial charge in [0.2, 0.25) is 0 Å². The van der Waals surface area contributed by atoms with Crippen LogP contribution in [0.15, 0.2) is 18.2 Å². The molecule has 0 saturated carbocycles. The summed E-state index contributed by atoms with van der Waals surface area (Å²) in [4.78, 5) is 14.8. The van der Waals surface area contributed by atoms with Crippen molar-refractivity contribution >= 4 is 5.78 Å². The van der Waals surface area contributed by atoms with E-state index in [2.05, 4.69) is 30.9 Å². The number of rotatable bonds is 7. The van der Waals surface area contributed by atoms with Gasteiger partial charge in [0.1, 0.15) is 5.75 Å². The number of hydrogen-bond acceptors (Lipinski definition) is 3. The van der Waals surface area contributed by atoms with Crippen molar-refractivity contribution in [2.45, 2.75) is 52.5 Å². The zero-order valence-corrected chi connectivity index (χ0v) is 13.7. The highest BCUT2D eigenvalue weighted by molar-refractivity contribution is 5.87. The Morgan fingerprint density at radius 1 is 1.29 bits per heavy atom. The van der Waals surface area contributed by atoms with Gasteiger partial charge in [0.15, 0.2) is 5.78 Å². The largest absolute Gasteiger partial charge is 0.493 e. The molecule has 0 amide bonds. The van der Waals surface area contributed by atoms with E-state index in [-0.39, 0.29) is 5.54 Å². The summed E-state index contributed by atoms with van der Waals surface area (Å²) in [6.07, 6.45) is 2.40. The van der Waals surface area contributed by atoms with Crippen molar-refractivity contribution in [2.24, 2.45) is 0 Å². The fraction of sp³-hybridized carbons (Fsp3) is 0.611. The summed E-state index contributed by atoms with van der Waals surface area (Å²) in [5.41, 5.74) is 2.15. The van der Waals surface area contributed by atoms with E-state index in [0.29, 0.717) is 12.2 Å². The standard InChI is InChI=1S/C18H27NO2/c1-5-19(6-2)18(3,4)17(20)10-8-14-7-9-16-15(13-14)11-12-21-16/h7,9,13H,5-6,8,10-12H2,1-4H3. The smallest absolute Gasteiger partial charge is 0.152 e. The van der Waals surface area contributed by atoms with Crippen molar-refractivity contribution in [3.05, 3.63) is 29.3 Å². The lowest BCUT2D eigenvalue weighted by Gasteiger charge is -2.35. The maximum absolute atomic E-state index is 12.6. The lowest BCUT2D eigenvalue weighted by Crippen LogP contribution is -2.50. The number of Topliss-reactive ketones (excluding diaryl/α,β-unsaturated/α-hetero) is 1. The van der Waals surface area contributed by atoms with Crippen LogP contribution in [-0.4, -0.2) is 35.9 Å². The van der Waals surface area contributed by atoms with Crippen LogP contribution in [0.4, 0.5) is 0 Å². The first kappa shape index (κ1) is 16.0. The molecule has 0 unspecified atom stereocenters. The first-order valence-electron chi connectivity index (χ1n) is 8.02. The van der Waals surface area contributed by atoms with E-state index in [1.165, 1.54) is 11.1 Å². The predicted molar refractivity (Wildman–Crippen MR) is 86.0 cm³/mol. The second-order valence-electron chi connectivity index (χ2n) is 6.20. The molecule has 116 valence electrons. The highest BCUT2D eigenvalue weighted by atomic mass is 16.5. The third kappa shape index (κ3) is 3.46. The van der Waals surface area contributed by atoms with Gasteiger partial charge in [-0.25, -0.2) is 0 Å². The highest BCUT2D eigenvalue weighted by Crippen LogP contribution is 2.27. The Bertz CT molecular complexity index is 504. The highest BCUT2D eigenvalue weighted by Gasteiger charge is 2.31. The number of fused-ring (bicyclic) bond motifs is 1. The Balaban J connectivity index is 1.97. The molecule has 3 heteroatoms. The van der Waals surface area contributed by atoms with E-state index in [1.54, 1.807) is 0 Å². The molecular formula is C18H27NO2. The van der Waals surface area contributed by atoms with Crippen LogP contribution in [-0.2, 0) is 17.6 Å². The molecule has 1 aliphatic heterocycles. The maximum Gasteiger partial charge on any atom is 0.152 e. The fourth-order valence-electron chi connectivity index (χ4n) is 3.15. The lowest BCUT2D eigenvalue weighted by molar-refractivity contribution is -0.129. The van der Waals surface area contributed by atoms with Gasteiger partial charge in [-0.1, -0.05) is 26.0 Å². The van der Waals surface area contributed by atoms with E-state index in [9.17, 15) is 4.79 Å². The molecule has 0 spiro atoms. The molecule has 21 heavy (non-hydrogen) atoms. The minimum atomic E-state index is -0.372. The maximum atomic E-state index is 12.6. The molecule has 0 bridgehead atoms. The summed E-state index contributed by atoms with van der Waals surface area (Å²) in [6.45, 7) is 10.9. The van der Waals surface area contributed by atoms with E-state index < -0.39 is 0 Å².